The molecule has 0 aliphatic carbocycles. The van der Waals surface area contributed by atoms with Crippen molar-refractivity contribution in [1.29, 1.82) is 0 Å². The van der Waals surface area contributed by atoms with Crippen molar-refractivity contribution < 1.29 is 23.5 Å². The molecule has 0 amide bonds. The smallest absolute Gasteiger partial charge is 0.331 e. The number of rotatable bonds is 13. The van der Waals surface area contributed by atoms with E-state index in [-0.39, 0.29) is 12.2 Å². The van der Waals surface area contributed by atoms with Gasteiger partial charge in [-0.15, -0.1) is 0 Å². The molecule has 3 N–H and O–H groups in total. The van der Waals surface area contributed by atoms with E-state index in [2.05, 4.69) is 0 Å². The molecular weight excluding hydrogens is 325 g/mol. The molecule has 6 nitrogen and oxygen atoms in total. The van der Waals surface area contributed by atoms with Crippen molar-refractivity contribution in [1.82, 2.24) is 0 Å². The van der Waals surface area contributed by atoms with E-state index < -0.39 is 19.6 Å². The minimum absolute atomic E-state index is 0.128. The predicted octanol–water partition coefficient (Wildman–Crippen LogP) is 3.34. The summed E-state index contributed by atoms with van der Waals surface area (Å²) in [4.78, 5) is 10.6. The Morgan fingerprint density at radius 3 is 2.14 bits per heavy atom. The molecule has 0 aliphatic heterocycles. The Hall–Kier alpha value is -0.0700. The Balaban J connectivity index is 3.90. The third-order valence-electron chi connectivity index (χ3n) is 2.60. The SMILES string of the molecule is CC(C)OP(=O)(CCCCSCC[C@H](N)C(=O)O)OC(C)C. The number of carbonyl (C=O) groups is 1. The summed E-state index contributed by atoms with van der Waals surface area (Å²) in [6.07, 6.45) is 2.27. The second-order valence-electron chi connectivity index (χ2n) is 5.70. The van der Waals surface area contributed by atoms with Gasteiger partial charge in [0.25, 0.3) is 0 Å². The van der Waals surface area contributed by atoms with Crippen molar-refractivity contribution in [2.24, 2.45) is 5.73 Å². The lowest BCUT2D eigenvalue weighted by Crippen LogP contribution is -2.30. The Bertz CT molecular complexity index is 351. The number of aliphatic carboxylic acids is 1. The topological polar surface area (TPSA) is 98.9 Å². The molecule has 1 atom stereocenters. The van der Waals surface area contributed by atoms with Crippen LogP contribution in [0.5, 0.6) is 0 Å². The third-order valence-corrected chi connectivity index (χ3v) is 6.06. The number of carboxylic acids is 1. The Kier molecular flexibility index (Phi) is 11.4. The Morgan fingerprint density at radius 2 is 1.68 bits per heavy atom. The minimum Gasteiger partial charge on any atom is -0.480 e. The van der Waals surface area contributed by atoms with Gasteiger partial charge in [0.2, 0.25) is 0 Å². The molecule has 132 valence electrons. The van der Waals surface area contributed by atoms with Gasteiger partial charge in [0, 0.05) is 0 Å². The van der Waals surface area contributed by atoms with E-state index in [1.807, 2.05) is 27.7 Å². The highest BCUT2D eigenvalue weighted by atomic mass is 32.2. The van der Waals surface area contributed by atoms with Crippen molar-refractivity contribution >= 4 is 25.3 Å². The van der Waals surface area contributed by atoms with E-state index in [4.69, 9.17) is 19.9 Å². The molecule has 0 heterocycles. The van der Waals surface area contributed by atoms with Crippen LogP contribution < -0.4 is 5.73 Å². The van der Waals surface area contributed by atoms with Crippen LogP contribution in [0.2, 0.25) is 0 Å². The van der Waals surface area contributed by atoms with Crippen molar-refractivity contribution in [2.45, 2.75) is 65.2 Å². The lowest BCUT2D eigenvalue weighted by molar-refractivity contribution is -0.138. The number of thioether (sulfide) groups is 1. The lowest BCUT2D eigenvalue weighted by atomic mass is 10.2. The van der Waals surface area contributed by atoms with E-state index in [0.717, 1.165) is 24.3 Å². The van der Waals surface area contributed by atoms with Crippen LogP contribution in [0.3, 0.4) is 0 Å². The second kappa shape index (κ2) is 11.5. The van der Waals surface area contributed by atoms with Crippen LogP contribution in [-0.4, -0.2) is 47.0 Å². The molecule has 0 aromatic heterocycles. The molecule has 0 bridgehead atoms. The highest BCUT2D eigenvalue weighted by Gasteiger charge is 2.26. The van der Waals surface area contributed by atoms with Gasteiger partial charge in [-0.05, 0) is 58.5 Å². The summed E-state index contributed by atoms with van der Waals surface area (Å²) in [5, 5.41) is 8.66. The lowest BCUT2D eigenvalue weighted by Gasteiger charge is -2.22. The normalized spacial score (nSPS) is 13.8. The van der Waals surface area contributed by atoms with E-state index in [1.165, 1.54) is 0 Å². The summed E-state index contributed by atoms with van der Waals surface area (Å²) in [6, 6.07) is -0.786. The molecule has 0 aromatic carbocycles. The quantitative estimate of drug-likeness (QED) is 0.386. The molecule has 0 radical (unpaired) electrons. The summed E-state index contributed by atoms with van der Waals surface area (Å²) in [5.41, 5.74) is 5.42. The van der Waals surface area contributed by atoms with E-state index in [9.17, 15) is 9.36 Å². The highest BCUT2D eigenvalue weighted by Crippen LogP contribution is 2.51. The monoisotopic (exact) mass is 355 g/mol. The maximum atomic E-state index is 12.6. The predicted molar refractivity (Wildman–Crippen MR) is 91.7 cm³/mol. The first-order valence-electron chi connectivity index (χ1n) is 7.68. The van der Waals surface area contributed by atoms with Gasteiger partial charge in [0.1, 0.15) is 6.04 Å². The van der Waals surface area contributed by atoms with Crippen LogP contribution in [0.15, 0.2) is 0 Å². The van der Waals surface area contributed by atoms with Crippen LogP contribution in [-0.2, 0) is 18.4 Å². The average molecular weight is 355 g/mol. The number of nitrogens with two attached hydrogens (primary N) is 1. The Morgan fingerprint density at radius 1 is 1.14 bits per heavy atom. The van der Waals surface area contributed by atoms with Crippen LogP contribution in [0, 0.1) is 0 Å². The summed E-state index contributed by atoms with van der Waals surface area (Å²) in [6.45, 7) is 7.38. The summed E-state index contributed by atoms with van der Waals surface area (Å²) in [7, 11) is -3.02. The van der Waals surface area contributed by atoms with Crippen LogP contribution in [0.25, 0.3) is 0 Å². The molecule has 0 unspecified atom stereocenters. The molecule has 0 rings (SSSR count). The van der Waals surface area contributed by atoms with Gasteiger partial charge < -0.3 is 19.9 Å². The first kappa shape index (κ1) is 21.9. The third kappa shape index (κ3) is 11.5. The zero-order chi connectivity index (χ0) is 17.2. The van der Waals surface area contributed by atoms with E-state index in [0.29, 0.717) is 12.6 Å². The van der Waals surface area contributed by atoms with Gasteiger partial charge in [-0.1, -0.05) is 0 Å². The first-order chi connectivity index (χ1) is 10.2. The molecule has 0 spiro atoms. The number of unbranched alkanes of at least 4 members (excludes halogenated alkanes) is 1. The van der Waals surface area contributed by atoms with Crippen molar-refractivity contribution in [3.05, 3.63) is 0 Å². The fraction of sp³-hybridized carbons (Fsp3) is 0.929. The highest BCUT2D eigenvalue weighted by molar-refractivity contribution is 7.99. The van der Waals surface area contributed by atoms with Gasteiger partial charge in [0.15, 0.2) is 0 Å². The summed E-state index contributed by atoms with van der Waals surface area (Å²) < 4.78 is 23.5. The van der Waals surface area contributed by atoms with Gasteiger partial charge in [-0.25, -0.2) is 0 Å². The standard InChI is InChI=1S/C14H30NO5PS/c1-11(2)19-21(18,20-12(3)4)8-5-6-9-22-10-7-13(15)14(16)17/h11-13H,5-10,15H2,1-4H3,(H,16,17)/t13-/m0/s1. The molecule has 0 saturated heterocycles. The summed E-state index contributed by atoms with van der Waals surface area (Å²) in [5.74, 6) is 0.643. The average Bonchev–Trinajstić information content (AvgIpc) is 2.34. The fourth-order valence-corrected chi connectivity index (χ4v) is 4.91. The van der Waals surface area contributed by atoms with Crippen LogP contribution in [0.1, 0.15) is 47.0 Å². The number of hydrogen-bond donors (Lipinski definition) is 2. The zero-order valence-corrected chi connectivity index (χ0v) is 15.7. The second-order valence-corrected chi connectivity index (χ2v) is 9.01. The largest absolute Gasteiger partial charge is 0.480 e. The summed E-state index contributed by atoms with van der Waals surface area (Å²) >= 11 is 1.66. The molecule has 0 aliphatic rings. The number of carboxylic acid groups (broad SMARTS) is 1. The Labute approximate surface area is 138 Å². The molecule has 0 aromatic rings. The van der Waals surface area contributed by atoms with Crippen LogP contribution in [0.4, 0.5) is 0 Å². The van der Waals surface area contributed by atoms with Gasteiger partial charge in [0.05, 0.1) is 18.4 Å². The van der Waals surface area contributed by atoms with Crippen LogP contribution >= 0.6 is 19.4 Å². The molecule has 0 fully saturated rings. The number of hydrogen-bond acceptors (Lipinski definition) is 6. The van der Waals surface area contributed by atoms with Gasteiger partial charge in [-0.3, -0.25) is 9.36 Å². The van der Waals surface area contributed by atoms with Crippen molar-refractivity contribution in [3.8, 4) is 0 Å². The molecule has 0 saturated carbocycles. The fourth-order valence-electron chi connectivity index (χ4n) is 1.72. The van der Waals surface area contributed by atoms with Gasteiger partial charge in [-0.2, -0.15) is 11.8 Å². The van der Waals surface area contributed by atoms with Crippen molar-refractivity contribution in [2.75, 3.05) is 17.7 Å². The molecule has 22 heavy (non-hydrogen) atoms. The first-order valence-corrected chi connectivity index (χ1v) is 10.6. The van der Waals surface area contributed by atoms with Gasteiger partial charge >= 0.3 is 13.6 Å². The van der Waals surface area contributed by atoms with E-state index in [1.54, 1.807) is 11.8 Å². The maximum absolute atomic E-state index is 12.6. The molecule has 8 heteroatoms. The van der Waals surface area contributed by atoms with E-state index >= 15 is 0 Å². The maximum Gasteiger partial charge on any atom is 0.331 e. The molecular formula is C14H30NO5PS. The minimum atomic E-state index is -3.02. The zero-order valence-electron chi connectivity index (χ0n) is 14.0. The van der Waals surface area contributed by atoms with Crippen molar-refractivity contribution in [3.63, 3.8) is 0 Å².